The van der Waals surface area contributed by atoms with Crippen LogP contribution in [0.15, 0.2) is 85.2 Å². The van der Waals surface area contributed by atoms with Crippen LogP contribution in [0.2, 0.25) is 0 Å². The zero-order valence-electron chi connectivity index (χ0n) is 31.5. The largest absolute Gasteiger partial charge is 0.412 e. The van der Waals surface area contributed by atoms with Crippen molar-refractivity contribution in [1.29, 1.82) is 5.26 Å². The fraction of sp³-hybridized carbons (Fsp3) is 0.233. The van der Waals surface area contributed by atoms with Crippen LogP contribution in [0.4, 0.5) is 10.5 Å². The van der Waals surface area contributed by atoms with E-state index >= 15 is 0 Å². The summed E-state index contributed by atoms with van der Waals surface area (Å²) in [6.07, 6.45) is 3.58. The molecule has 11 nitrogen and oxygen atoms in total. The molecule has 0 aliphatic heterocycles. The van der Waals surface area contributed by atoms with Crippen LogP contribution in [0.5, 0.6) is 5.75 Å². The lowest BCUT2D eigenvalue weighted by Gasteiger charge is -2.21. The van der Waals surface area contributed by atoms with E-state index in [1.165, 1.54) is 7.05 Å². The summed E-state index contributed by atoms with van der Waals surface area (Å²) in [4.78, 5) is 35.4. The van der Waals surface area contributed by atoms with Crippen molar-refractivity contribution in [2.45, 2.75) is 41.0 Å². The molecule has 1 amide bonds. The van der Waals surface area contributed by atoms with Gasteiger partial charge in [0, 0.05) is 60.1 Å². The van der Waals surface area contributed by atoms with Gasteiger partial charge in [-0.05, 0) is 81.3 Å². The molecule has 0 radical (unpaired) electrons. The lowest BCUT2D eigenvalue weighted by atomic mass is 10.0. The summed E-state index contributed by atoms with van der Waals surface area (Å²) in [5.74, 6) is 0.298. The molecule has 11 heteroatoms. The predicted octanol–water partition coefficient (Wildman–Crippen LogP) is 6.82. The molecule has 6 rings (SSSR count). The number of nitriles is 1. The number of para-hydroxylation sites is 1. The number of ether oxygens (including phenoxy) is 1. The molecule has 0 aliphatic rings. The molecule has 6 aromatic rings. The molecule has 5 N–H and O–H groups in total. The first-order valence-electron chi connectivity index (χ1n) is 18.0. The summed E-state index contributed by atoms with van der Waals surface area (Å²) < 4.78 is 5.75. The number of fused-ring (bicyclic) bond motifs is 1. The minimum absolute atomic E-state index is 0.298. The van der Waals surface area contributed by atoms with E-state index in [9.17, 15) is 10.1 Å². The van der Waals surface area contributed by atoms with Crippen molar-refractivity contribution < 1.29 is 9.53 Å². The number of nitrogens with one attached hydrogen (secondary N) is 3. The zero-order chi connectivity index (χ0) is 38.8. The number of nitrogens with zero attached hydrogens (tertiary/aromatic N) is 5. The van der Waals surface area contributed by atoms with E-state index in [-0.39, 0.29) is 0 Å². The van der Waals surface area contributed by atoms with Gasteiger partial charge >= 0.3 is 6.09 Å². The molecule has 0 atom stereocenters. The normalized spacial score (nSPS) is 11.8. The van der Waals surface area contributed by atoms with Gasteiger partial charge in [-0.15, -0.1) is 0 Å². The van der Waals surface area contributed by atoms with Gasteiger partial charge in [-0.25, -0.2) is 9.64 Å². The zero-order valence-corrected chi connectivity index (χ0v) is 31.5. The summed E-state index contributed by atoms with van der Waals surface area (Å²) in [6, 6.07) is 25.3. The quantitative estimate of drug-likeness (QED) is 0.120. The van der Waals surface area contributed by atoms with Crippen molar-refractivity contribution in [2.24, 2.45) is 5.73 Å². The van der Waals surface area contributed by atoms with Gasteiger partial charge in [0.05, 0.1) is 40.0 Å². The van der Waals surface area contributed by atoms with Crippen LogP contribution >= 0.6 is 0 Å². The van der Waals surface area contributed by atoms with Crippen LogP contribution in [-0.2, 0) is 6.42 Å². The Bertz CT molecular complexity index is 2490. The number of carbonyl (C=O) groups is 1. The van der Waals surface area contributed by atoms with Crippen LogP contribution in [0.1, 0.15) is 50.2 Å². The number of amides is 1. The first-order valence-corrected chi connectivity index (χ1v) is 18.0. The Kier molecular flexibility index (Phi) is 12.6. The predicted molar refractivity (Wildman–Crippen MR) is 216 cm³/mol. The minimum atomic E-state index is -0.629. The number of pyridine rings is 2. The molecule has 4 heterocycles. The maximum absolute atomic E-state index is 12.5. The lowest BCUT2D eigenvalue weighted by Crippen LogP contribution is -2.22. The summed E-state index contributed by atoms with van der Waals surface area (Å²) in [7, 11) is 1.50. The van der Waals surface area contributed by atoms with Gasteiger partial charge in [0.1, 0.15) is 17.4 Å². The summed E-state index contributed by atoms with van der Waals surface area (Å²) in [5.41, 5.74) is 12.2. The maximum atomic E-state index is 12.5. The van der Waals surface area contributed by atoms with E-state index in [2.05, 4.69) is 61.8 Å². The Morgan fingerprint density at radius 1 is 0.907 bits per heavy atom. The molecule has 0 saturated heterocycles. The molecule has 0 saturated carbocycles. The standard InChI is InChI=1S/C41H38N8O2.C2H7N/c1-7-26-18-20-45-31(22-26)30(24-42)38-34-35(36(47-38)28-15-11-10-14-25(28)4)40(39(43-5)32-23-27(19-21-46-32)49(8-2)9-3)48-37(34)29-16-12-13-17-33(29)51-41(50)44-6;1-2-3/h10-23,47-48H,7-9H2,1-4,6H3,(H,44,50);2-3H2,1H3/b38-30-,40-39+;. The number of rotatable bonds is 9. The summed E-state index contributed by atoms with van der Waals surface area (Å²) in [5, 5.41) is 15.7. The number of anilines is 1. The first kappa shape index (κ1) is 38.5. The van der Waals surface area contributed by atoms with Crippen LogP contribution in [0.3, 0.4) is 0 Å². The monoisotopic (exact) mass is 719 g/mol. The van der Waals surface area contributed by atoms with Crippen molar-refractivity contribution >= 4 is 33.8 Å². The number of H-pyrrole nitrogens is 2. The third kappa shape index (κ3) is 7.73. The van der Waals surface area contributed by atoms with Crippen molar-refractivity contribution in [2.75, 3.05) is 31.6 Å². The van der Waals surface area contributed by atoms with Crippen molar-refractivity contribution in [1.82, 2.24) is 25.3 Å². The number of hydrogen-bond donors (Lipinski definition) is 4. The molecule has 2 aromatic carbocycles. The summed E-state index contributed by atoms with van der Waals surface area (Å²) in [6.45, 7) is 21.0. The fourth-order valence-corrected chi connectivity index (χ4v) is 6.43. The Hall–Kier alpha value is -6.69. The van der Waals surface area contributed by atoms with Gasteiger partial charge in [0.2, 0.25) is 5.70 Å². The third-order valence-electron chi connectivity index (χ3n) is 9.04. The molecule has 0 bridgehead atoms. The van der Waals surface area contributed by atoms with Crippen molar-refractivity contribution in [3.63, 3.8) is 0 Å². The first-order chi connectivity index (χ1) is 26.3. The molecule has 0 spiro atoms. The fourth-order valence-electron chi connectivity index (χ4n) is 6.43. The molecule has 0 unspecified atom stereocenters. The average Bonchev–Trinajstić information content (AvgIpc) is 3.76. The number of aromatic nitrogens is 4. The second-order valence-electron chi connectivity index (χ2n) is 12.3. The van der Waals surface area contributed by atoms with Crippen LogP contribution in [0.25, 0.3) is 49.4 Å². The lowest BCUT2D eigenvalue weighted by molar-refractivity contribution is 0.203. The van der Waals surface area contributed by atoms with Gasteiger partial charge in [-0.2, -0.15) is 5.26 Å². The molecular formula is C43H45N9O2. The Balaban J connectivity index is 0.00000181. The van der Waals surface area contributed by atoms with E-state index in [0.29, 0.717) is 61.1 Å². The molecular weight excluding hydrogens is 675 g/mol. The van der Waals surface area contributed by atoms with Crippen molar-refractivity contribution in [3.05, 3.63) is 130 Å². The topological polar surface area (TPSA) is 153 Å². The number of aromatic amines is 2. The van der Waals surface area contributed by atoms with E-state index in [1.807, 2.05) is 74.5 Å². The van der Waals surface area contributed by atoms with Crippen LogP contribution < -0.4 is 31.4 Å². The third-order valence-corrected chi connectivity index (χ3v) is 9.04. The second-order valence-corrected chi connectivity index (χ2v) is 12.3. The highest BCUT2D eigenvalue weighted by molar-refractivity contribution is 6.08. The number of aryl methyl sites for hydroxylation is 2. The molecule has 274 valence electrons. The molecule has 0 aliphatic carbocycles. The van der Waals surface area contributed by atoms with Gasteiger partial charge < -0.3 is 30.7 Å². The van der Waals surface area contributed by atoms with Gasteiger partial charge in [-0.3, -0.25) is 9.97 Å². The molecule has 4 aromatic heterocycles. The Labute approximate surface area is 315 Å². The smallest absolute Gasteiger partial charge is 0.410 e. The van der Waals surface area contributed by atoms with Crippen LogP contribution in [-0.4, -0.2) is 52.7 Å². The number of benzene rings is 2. The second kappa shape index (κ2) is 17.7. The van der Waals surface area contributed by atoms with E-state index in [0.717, 1.165) is 54.1 Å². The Morgan fingerprint density at radius 2 is 1.52 bits per heavy atom. The highest BCUT2D eigenvalue weighted by Crippen LogP contribution is 2.37. The van der Waals surface area contributed by atoms with Gasteiger partial charge in [0.15, 0.2) is 0 Å². The highest BCUT2D eigenvalue weighted by atomic mass is 16.6. The van der Waals surface area contributed by atoms with Gasteiger partial charge in [0.25, 0.3) is 0 Å². The van der Waals surface area contributed by atoms with E-state index in [1.54, 1.807) is 24.5 Å². The van der Waals surface area contributed by atoms with E-state index in [4.69, 9.17) is 17.0 Å². The maximum Gasteiger partial charge on any atom is 0.412 e. The van der Waals surface area contributed by atoms with Crippen LogP contribution in [0, 0.1) is 24.8 Å². The summed E-state index contributed by atoms with van der Waals surface area (Å²) >= 11 is 0. The van der Waals surface area contributed by atoms with E-state index < -0.39 is 6.09 Å². The highest BCUT2D eigenvalue weighted by Gasteiger charge is 2.25. The van der Waals surface area contributed by atoms with Gasteiger partial charge in [-0.1, -0.05) is 50.2 Å². The number of nitrogens with two attached hydrogens (primary N) is 1. The average molecular weight is 720 g/mol. The van der Waals surface area contributed by atoms with Crippen molar-refractivity contribution in [3.8, 4) is 34.3 Å². The number of carbonyl (C=O) groups excluding carboxylic acids is 1. The SMILES string of the molecule is CCN.[C-]#[N+]/C(c1cc(N(CC)CC)ccn1)=c1/[nH]c(-c2ccccc2OC(=O)NC)c2/c(=C(\C#N)c3cc(CC)ccn3)[nH]c(-c3ccccc3C)c12. The number of hydrogen-bond acceptors (Lipinski definition) is 7. The minimum Gasteiger partial charge on any atom is -0.410 e. The molecule has 0 fully saturated rings. The Morgan fingerprint density at radius 3 is 2.17 bits per heavy atom. The molecule has 54 heavy (non-hydrogen) atoms.